The third-order valence-electron chi connectivity index (χ3n) is 3.54. The number of Topliss-reactive ketones (excluding diaryl/α,β-unsaturated/α-hetero) is 1. The fourth-order valence-corrected chi connectivity index (χ4v) is 2.56. The molecule has 13 heavy (non-hydrogen) atoms. The highest BCUT2D eigenvalue weighted by molar-refractivity contribution is 5.86. The lowest BCUT2D eigenvalue weighted by Crippen LogP contribution is -2.51. The maximum atomic E-state index is 11.7. The van der Waals surface area contributed by atoms with Gasteiger partial charge in [0.1, 0.15) is 5.78 Å². The van der Waals surface area contributed by atoms with Gasteiger partial charge in [-0.25, -0.2) is 0 Å². The van der Waals surface area contributed by atoms with Gasteiger partial charge < -0.3 is 0 Å². The third-order valence-corrected chi connectivity index (χ3v) is 3.54. The van der Waals surface area contributed by atoms with Gasteiger partial charge in [-0.15, -0.1) is 0 Å². The van der Waals surface area contributed by atoms with Crippen LogP contribution in [0.3, 0.4) is 0 Å². The molecule has 1 heterocycles. The fourth-order valence-electron chi connectivity index (χ4n) is 2.56. The predicted octanol–water partition coefficient (Wildman–Crippen LogP) is 2.23. The molecule has 1 aliphatic heterocycles. The van der Waals surface area contributed by atoms with E-state index < -0.39 is 0 Å². The Morgan fingerprint density at radius 3 is 2.00 bits per heavy atom. The number of carbonyl (C=O) groups excluding carboxylic acids is 1. The van der Waals surface area contributed by atoms with Crippen molar-refractivity contribution >= 4 is 5.78 Å². The molecule has 0 spiro atoms. The molecule has 1 aliphatic rings. The lowest BCUT2D eigenvalue weighted by Gasteiger charge is -2.38. The lowest BCUT2D eigenvalue weighted by molar-refractivity contribution is -0.129. The zero-order chi connectivity index (χ0) is 9.90. The highest BCUT2D eigenvalue weighted by atomic mass is 16.1. The van der Waals surface area contributed by atoms with Crippen LogP contribution in [0.4, 0.5) is 0 Å². The van der Waals surface area contributed by atoms with Crippen LogP contribution in [-0.2, 0) is 4.79 Å². The van der Waals surface area contributed by atoms with Crippen LogP contribution >= 0.6 is 0 Å². The van der Waals surface area contributed by atoms with Gasteiger partial charge in [0, 0.05) is 0 Å². The summed E-state index contributed by atoms with van der Waals surface area (Å²) in [6.07, 6.45) is 4.43. The summed E-state index contributed by atoms with van der Waals surface area (Å²) < 4.78 is 0. The van der Waals surface area contributed by atoms with Crippen LogP contribution in [0.5, 0.6) is 0 Å². The topological polar surface area (TPSA) is 20.3 Å². The molecule has 1 saturated heterocycles. The first-order chi connectivity index (χ1) is 6.17. The van der Waals surface area contributed by atoms with Crippen molar-refractivity contribution in [1.82, 2.24) is 4.90 Å². The lowest BCUT2D eigenvalue weighted by atomic mass is 9.87. The highest BCUT2D eigenvalue weighted by Crippen LogP contribution is 2.28. The molecule has 76 valence electrons. The quantitative estimate of drug-likeness (QED) is 0.666. The minimum absolute atomic E-state index is 0.142. The normalized spacial score (nSPS) is 19.3. The summed E-state index contributed by atoms with van der Waals surface area (Å²) in [6, 6.07) is 0. The second-order valence-corrected chi connectivity index (χ2v) is 3.99. The van der Waals surface area contributed by atoms with E-state index in [0.717, 1.165) is 25.9 Å². The van der Waals surface area contributed by atoms with Crippen LogP contribution in [0.15, 0.2) is 0 Å². The molecular formula is C11H21NO. The van der Waals surface area contributed by atoms with Crippen molar-refractivity contribution in [3.63, 3.8) is 0 Å². The molecule has 0 aromatic heterocycles. The van der Waals surface area contributed by atoms with E-state index in [0.29, 0.717) is 5.78 Å². The molecule has 0 radical (unpaired) electrons. The van der Waals surface area contributed by atoms with Crippen LogP contribution in [0.25, 0.3) is 0 Å². The van der Waals surface area contributed by atoms with Crippen LogP contribution < -0.4 is 0 Å². The average molecular weight is 183 g/mol. The minimum atomic E-state index is -0.142. The zero-order valence-corrected chi connectivity index (χ0v) is 9.10. The Labute approximate surface area is 81.3 Å². The molecule has 0 aromatic rings. The first-order valence-corrected chi connectivity index (χ1v) is 5.43. The van der Waals surface area contributed by atoms with Crippen molar-refractivity contribution in [2.45, 2.75) is 52.0 Å². The van der Waals surface area contributed by atoms with E-state index in [1.165, 1.54) is 12.8 Å². The number of carbonyl (C=O) groups is 1. The van der Waals surface area contributed by atoms with Crippen LogP contribution in [-0.4, -0.2) is 29.3 Å². The number of likely N-dealkylation sites (tertiary alicyclic amines) is 1. The highest BCUT2D eigenvalue weighted by Gasteiger charge is 2.38. The molecule has 2 heteroatoms. The number of nitrogens with zero attached hydrogens (tertiary/aromatic N) is 1. The van der Waals surface area contributed by atoms with Gasteiger partial charge in [0.15, 0.2) is 0 Å². The van der Waals surface area contributed by atoms with E-state index in [2.05, 4.69) is 18.7 Å². The molecule has 1 rings (SSSR count). The second kappa shape index (κ2) is 4.23. The summed E-state index contributed by atoms with van der Waals surface area (Å²) in [5.41, 5.74) is -0.142. The molecule has 0 bridgehead atoms. The molecular weight excluding hydrogens is 162 g/mol. The van der Waals surface area contributed by atoms with E-state index in [1.54, 1.807) is 6.92 Å². The number of rotatable bonds is 4. The summed E-state index contributed by atoms with van der Waals surface area (Å²) in [5.74, 6) is 0.347. The number of hydrogen-bond donors (Lipinski definition) is 0. The Bertz CT molecular complexity index is 179. The van der Waals surface area contributed by atoms with Gasteiger partial charge in [-0.2, -0.15) is 0 Å². The molecule has 1 fully saturated rings. The summed E-state index contributed by atoms with van der Waals surface area (Å²) in [5, 5.41) is 0. The molecule has 0 amide bonds. The molecule has 0 aliphatic carbocycles. The molecule has 0 unspecified atom stereocenters. The van der Waals surface area contributed by atoms with Crippen molar-refractivity contribution in [1.29, 1.82) is 0 Å². The summed E-state index contributed by atoms with van der Waals surface area (Å²) in [7, 11) is 0. The summed E-state index contributed by atoms with van der Waals surface area (Å²) in [4.78, 5) is 14.1. The minimum Gasteiger partial charge on any atom is -0.298 e. The molecule has 0 atom stereocenters. The Hall–Kier alpha value is -0.370. The largest absolute Gasteiger partial charge is 0.298 e. The number of ketones is 1. The van der Waals surface area contributed by atoms with Gasteiger partial charge >= 0.3 is 0 Å². The van der Waals surface area contributed by atoms with Gasteiger partial charge in [-0.05, 0) is 45.7 Å². The number of hydrogen-bond acceptors (Lipinski definition) is 2. The van der Waals surface area contributed by atoms with Crippen LogP contribution in [0.1, 0.15) is 46.5 Å². The molecule has 0 N–H and O–H groups in total. The van der Waals surface area contributed by atoms with Crippen LogP contribution in [0.2, 0.25) is 0 Å². The van der Waals surface area contributed by atoms with Gasteiger partial charge in [0.2, 0.25) is 0 Å². The maximum Gasteiger partial charge on any atom is 0.149 e. The van der Waals surface area contributed by atoms with Crippen molar-refractivity contribution in [3.8, 4) is 0 Å². The monoisotopic (exact) mass is 183 g/mol. The van der Waals surface area contributed by atoms with E-state index in [9.17, 15) is 4.79 Å². The Balaban J connectivity index is 2.80. The van der Waals surface area contributed by atoms with E-state index in [-0.39, 0.29) is 5.54 Å². The average Bonchev–Trinajstić information content (AvgIpc) is 2.60. The SMILES string of the molecule is CCC(CC)(C(C)=O)N1CCCC1. The standard InChI is InChI=1S/C11H21NO/c1-4-11(5-2,10(3)13)12-8-6-7-9-12/h4-9H2,1-3H3. The van der Waals surface area contributed by atoms with Gasteiger partial charge in [-0.1, -0.05) is 13.8 Å². The zero-order valence-electron chi connectivity index (χ0n) is 9.10. The Kier molecular flexibility index (Phi) is 3.48. The summed E-state index contributed by atoms with van der Waals surface area (Å²) >= 11 is 0. The molecule has 0 aromatic carbocycles. The van der Waals surface area contributed by atoms with E-state index >= 15 is 0 Å². The molecule has 0 saturated carbocycles. The van der Waals surface area contributed by atoms with Gasteiger partial charge in [0.05, 0.1) is 5.54 Å². The van der Waals surface area contributed by atoms with E-state index in [1.807, 2.05) is 0 Å². The van der Waals surface area contributed by atoms with Crippen molar-refractivity contribution in [3.05, 3.63) is 0 Å². The van der Waals surface area contributed by atoms with Crippen molar-refractivity contribution < 1.29 is 4.79 Å². The maximum absolute atomic E-state index is 11.7. The first-order valence-electron chi connectivity index (χ1n) is 5.43. The third kappa shape index (κ3) is 1.78. The predicted molar refractivity (Wildman–Crippen MR) is 54.8 cm³/mol. The fraction of sp³-hybridized carbons (Fsp3) is 0.909. The Morgan fingerprint density at radius 2 is 1.69 bits per heavy atom. The second-order valence-electron chi connectivity index (χ2n) is 3.99. The van der Waals surface area contributed by atoms with Gasteiger partial charge in [0.25, 0.3) is 0 Å². The van der Waals surface area contributed by atoms with E-state index in [4.69, 9.17) is 0 Å². The Morgan fingerprint density at radius 1 is 1.23 bits per heavy atom. The summed E-state index contributed by atoms with van der Waals surface area (Å²) in [6.45, 7) is 8.22. The smallest absolute Gasteiger partial charge is 0.149 e. The molecule has 2 nitrogen and oxygen atoms in total. The van der Waals surface area contributed by atoms with Crippen molar-refractivity contribution in [2.24, 2.45) is 0 Å². The van der Waals surface area contributed by atoms with Crippen LogP contribution in [0, 0.1) is 0 Å². The van der Waals surface area contributed by atoms with Gasteiger partial charge in [-0.3, -0.25) is 9.69 Å². The van der Waals surface area contributed by atoms with Crippen molar-refractivity contribution in [2.75, 3.05) is 13.1 Å². The first kappa shape index (κ1) is 10.7.